The number of thioether (sulfide) groups is 1. The van der Waals surface area contributed by atoms with E-state index >= 15 is 0 Å². The maximum atomic E-state index is 6.35. The zero-order valence-corrected chi connectivity index (χ0v) is 17.4. The van der Waals surface area contributed by atoms with Crippen LogP contribution in [0.5, 0.6) is 11.5 Å². The summed E-state index contributed by atoms with van der Waals surface area (Å²) in [7, 11) is 0. The van der Waals surface area contributed by atoms with Gasteiger partial charge in [0.25, 0.3) is 0 Å². The number of fused-ring (bicyclic) bond motifs is 4. The molecule has 28 heavy (non-hydrogen) atoms. The van der Waals surface area contributed by atoms with Crippen molar-refractivity contribution in [2.45, 2.75) is 43.9 Å². The Bertz CT molecular complexity index is 1050. The lowest BCUT2D eigenvalue weighted by Gasteiger charge is -2.26. The van der Waals surface area contributed by atoms with Gasteiger partial charge in [-0.2, -0.15) is 0 Å². The number of hydrogen-bond acceptors (Lipinski definition) is 8. The standard InChI is InChI=1S/C20H21N3O3S2/c1-10(2)14-6-12-16(7-24-14)28-19-17(12)18(21)22-20(23-19)27-8-11-3-4-13-15(5-11)26-9-25-13/h3-5,10,14H,6-9H2,1-2H3,(H2,21,22,23)/t14-/m0/s1. The van der Waals surface area contributed by atoms with Crippen LogP contribution in [0.2, 0.25) is 0 Å². The summed E-state index contributed by atoms with van der Waals surface area (Å²) in [6, 6.07) is 5.98. The average molecular weight is 416 g/mol. The fraction of sp³-hybridized carbons (Fsp3) is 0.400. The Morgan fingerprint density at radius 3 is 2.96 bits per heavy atom. The van der Waals surface area contributed by atoms with Crippen LogP contribution in [0, 0.1) is 5.92 Å². The van der Waals surface area contributed by atoms with Gasteiger partial charge in [0, 0.05) is 17.1 Å². The molecule has 0 saturated carbocycles. The van der Waals surface area contributed by atoms with E-state index in [-0.39, 0.29) is 12.9 Å². The summed E-state index contributed by atoms with van der Waals surface area (Å²) in [6.45, 7) is 5.30. The van der Waals surface area contributed by atoms with Gasteiger partial charge in [0.05, 0.1) is 18.1 Å². The third-order valence-electron chi connectivity index (χ3n) is 5.12. The van der Waals surface area contributed by atoms with Gasteiger partial charge in [0.1, 0.15) is 10.6 Å². The van der Waals surface area contributed by atoms with E-state index in [9.17, 15) is 0 Å². The lowest BCUT2D eigenvalue weighted by atomic mass is 9.96. The molecule has 2 aromatic heterocycles. The second kappa shape index (κ2) is 7.09. The van der Waals surface area contributed by atoms with E-state index in [4.69, 9.17) is 24.9 Å². The highest BCUT2D eigenvalue weighted by Crippen LogP contribution is 2.40. The minimum atomic E-state index is 0.227. The quantitative estimate of drug-likeness (QED) is 0.500. The molecule has 1 aromatic carbocycles. The topological polar surface area (TPSA) is 79.5 Å². The number of ether oxygens (including phenoxy) is 3. The first-order chi connectivity index (χ1) is 13.6. The molecule has 0 aliphatic carbocycles. The minimum absolute atomic E-state index is 0.227. The van der Waals surface area contributed by atoms with Crippen LogP contribution in [0.4, 0.5) is 5.82 Å². The third kappa shape index (κ3) is 3.19. The molecule has 1 atom stereocenters. The van der Waals surface area contributed by atoms with Crippen LogP contribution in [-0.4, -0.2) is 22.9 Å². The number of nitrogens with two attached hydrogens (primary N) is 1. The zero-order chi connectivity index (χ0) is 19.3. The lowest BCUT2D eigenvalue weighted by molar-refractivity contribution is 0.00203. The number of hydrogen-bond donors (Lipinski definition) is 1. The molecule has 0 unspecified atom stereocenters. The van der Waals surface area contributed by atoms with E-state index in [0.29, 0.717) is 23.5 Å². The summed E-state index contributed by atoms with van der Waals surface area (Å²) in [5.41, 5.74) is 8.76. The minimum Gasteiger partial charge on any atom is -0.454 e. The molecule has 146 valence electrons. The predicted molar refractivity (Wildman–Crippen MR) is 111 cm³/mol. The number of nitrogens with zero attached hydrogens (tertiary/aromatic N) is 2. The van der Waals surface area contributed by atoms with Gasteiger partial charge in [0.2, 0.25) is 6.79 Å². The molecule has 0 fully saturated rings. The molecular formula is C20H21N3O3S2. The van der Waals surface area contributed by atoms with Gasteiger partial charge < -0.3 is 19.9 Å². The van der Waals surface area contributed by atoms with Crippen molar-refractivity contribution >= 4 is 39.1 Å². The lowest BCUT2D eigenvalue weighted by Crippen LogP contribution is -2.26. The predicted octanol–water partition coefficient (Wildman–Crippen LogP) is 4.39. The van der Waals surface area contributed by atoms with E-state index in [0.717, 1.165) is 39.5 Å². The molecule has 6 nitrogen and oxygen atoms in total. The molecule has 8 heteroatoms. The maximum absolute atomic E-state index is 6.35. The van der Waals surface area contributed by atoms with Crippen LogP contribution in [0.3, 0.4) is 0 Å². The van der Waals surface area contributed by atoms with Crippen LogP contribution >= 0.6 is 23.1 Å². The van der Waals surface area contributed by atoms with Crippen molar-refractivity contribution in [1.29, 1.82) is 0 Å². The Morgan fingerprint density at radius 2 is 2.11 bits per heavy atom. The molecule has 2 N–H and O–H groups in total. The van der Waals surface area contributed by atoms with Gasteiger partial charge >= 0.3 is 0 Å². The number of benzene rings is 1. The van der Waals surface area contributed by atoms with Gasteiger partial charge in [-0.3, -0.25) is 0 Å². The summed E-state index contributed by atoms with van der Waals surface area (Å²) >= 11 is 3.25. The van der Waals surface area contributed by atoms with Crippen LogP contribution < -0.4 is 15.2 Å². The highest BCUT2D eigenvalue weighted by atomic mass is 32.2. The molecule has 0 spiro atoms. The van der Waals surface area contributed by atoms with Gasteiger partial charge in [-0.15, -0.1) is 11.3 Å². The summed E-state index contributed by atoms with van der Waals surface area (Å²) in [5, 5.41) is 1.71. The largest absolute Gasteiger partial charge is 0.454 e. The fourth-order valence-corrected chi connectivity index (χ4v) is 5.54. The molecule has 2 aliphatic rings. The van der Waals surface area contributed by atoms with Crippen LogP contribution in [0.25, 0.3) is 10.2 Å². The van der Waals surface area contributed by atoms with Crippen molar-refractivity contribution in [1.82, 2.24) is 9.97 Å². The van der Waals surface area contributed by atoms with E-state index in [1.54, 1.807) is 23.1 Å². The maximum Gasteiger partial charge on any atom is 0.231 e. The number of nitrogen functional groups attached to an aromatic ring is 1. The highest BCUT2D eigenvalue weighted by Gasteiger charge is 2.27. The van der Waals surface area contributed by atoms with Crippen molar-refractivity contribution in [3.05, 3.63) is 34.2 Å². The molecule has 2 aliphatic heterocycles. The number of aromatic nitrogens is 2. The molecule has 3 aromatic rings. The van der Waals surface area contributed by atoms with E-state index in [1.807, 2.05) is 18.2 Å². The average Bonchev–Trinajstić information content (AvgIpc) is 3.29. The van der Waals surface area contributed by atoms with Gasteiger partial charge in [-0.1, -0.05) is 31.7 Å². The zero-order valence-electron chi connectivity index (χ0n) is 15.7. The van der Waals surface area contributed by atoms with Gasteiger partial charge in [-0.25, -0.2) is 9.97 Å². The first kappa shape index (κ1) is 18.0. The monoisotopic (exact) mass is 415 g/mol. The van der Waals surface area contributed by atoms with E-state index in [2.05, 4.69) is 18.8 Å². The first-order valence-electron chi connectivity index (χ1n) is 9.29. The molecular weight excluding hydrogens is 394 g/mol. The normalized spacial score (nSPS) is 18.0. The van der Waals surface area contributed by atoms with Gasteiger partial charge in [0.15, 0.2) is 16.7 Å². The molecule has 0 radical (unpaired) electrons. The van der Waals surface area contributed by atoms with Crippen LogP contribution in [0.15, 0.2) is 23.4 Å². The SMILES string of the molecule is CC(C)[C@@H]1Cc2c(sc3nc(SCc4ccc5c(c4)OCO5)nc(N)c23)CO1. The van der Waals surface area contributed by atoms with Crippen molar-refractivity contribution in [2.75, 3.05) is 12.5 Å². The number of anilines is 1. The summed E-state index contributed by atoms with van der Waals surface area (Å²) in [4.78, 5) is 11.5. The Kier molecular flexibility index (Phi) is 4.57. The Balaban J connectivity index is 1.39. The van der Waals surface area contributed by atoms with Crippen molar-refractivity contribution in [3.8, 4) is 11.5 Å². The number of rotatable bonds is 4. The molecule has 0 amide bonds. The van der Waals surface area contributed by atoms with Crippen LogP contribution in [0.1, 0.15) is 29.9 Å². The molecule has 4 heterocycles. The second-order valence-electron chi connectivity index (χ2n) is 7.35. The highest BCUT2D eigenvalue weighted by molar-refractivity contribution is 7.98. The van der Waals surface area contributed by atoms with Crippen molar-refractivity contribution < 1.29 is 14.2 Å². The third-order valence-corrected chi connectivity index (χ3v) is 7.14. The molecule has 0 saturated heterocycles. The summed E-state index contributed by atoms with van der Waals surface area (Å²) in [5.74, 6) is 3.37. The summed E-state index contributed by atoms with van der Waals surface area (Å²) < 4.78 is 16.8. The number of thiophene rings is 1. The fourth-order valence-electron chi connectivity index (χ4n) is 3.56. The summed E-state index contributed by atoms with van der Waals surface area (Å²) in [6.07, 6.45) is 1.11. The molecule has 5 rings (SSSR count). The van der Waals surface area contributed by atoms with E-state index < -0.39 is 0 Å². The van der Waals surface area contributed by atoms with Crippen LogP contribution in [-0.2, 0) is 23.5 Å². The second-order valence-corrected chi connectivity index (χ2v) is 9.38. The first-order valence-corrected chi connectivity index (χ1v) is 11.1. The van der Waals surface area contributed by atoms with Crippen molar-refractivity contribution in [3.63, 3.8) is 0 Å². The molecule has 0 bridgehead atoms. The van der Waals surface area contributed by atoms with E-state index in [1.165, 1.54) is 10.4 Å². The smallest absolute Gasteiger partial charge is 0.231 e. The van der Waals surface area contributed by atoms with Gasteiger partial charge in [-0.05, 0) is 29.2 Å². The Labute approximate surface area is 171 Å². The Hall–Kier alpha value is -2.03. The van der Waals surface area contributed by atoms with Crippen molar-refractivity contribution in [2.24, 2.45) is 5.92 Å². The Morgan fingerprint density at radius 1 is 1.25 bits per heavy atom.